The molecule has 2 nitrogen and oxygen atoms in total. The highest BCUT2D eigenvalue weighted by Crippen LogP contribution is 1.94. The first-order chi connectivity index (χ1) is 4.39. The molecule has 1 rings (SSSR count). The van der Waals surface area contributed by atoms with Gasteiger partial charge in [0.1, 0.15) is 0 Å². The van der Waals surface area contributed by atoms with Gasteiger partial charge in [-0.25, -0.2) is 0 Å². The van der Waals surface area contributed by atoms with Crippen LogP contribution in [0.4, 0.5) is 4.48 Å². The smallest absolute Gasteiger partial charge is 0.0620 e. The first kappa shape index (κ1) is 8.85. The number of halogens is 1. The summed E-state index contributed by atoms with van der Waals surface area (Å²) in [5.74, 6) is 0. The number of hydrogen-bond acceptors (Lipinski definition) is 2. The molecule has 0 atom stereocenters. The van der Waals surface area contributed by atoms with Crippen molar-refractivity contribution >= 4 is 0 Å². The van der Waals surface area contributed by atoms with Crippen LogP contribution < -0.4 is 0 Å². The summed E-state index contributed by atoms with van der Waals surface area (Å²) in [6.07, 6.45) is 0. The molecule has 1 heterocycles. The van der Waals surface area contributed by atoms with E-state index in [1.807, 2.05) is 13.8 Å². The van der Waals surface area contributed by atoms with E-state index in [4.69, 9.17) is 4.74 Å². The Kier molecular flexibility index (Phi) is 5.88. The van der Waals surface area contributed by atoms with Gasteiger partial charge in [0.2, 0.25) is 0 Å². The molecule has 1 fully saturated rings. The summed E-state index contributed by atoms with van der Waals surface area (Å²) < 4.78 is 16.8. The topological polar surface area (TPSA) is 12.5 Å². The summed E-state index contributed by atoms with van der Waals surface area (Å²) in [4.78, 5) is 0. The van der Waals surface area contributed by atoms with Crippen molar-refractivity contribution in [3.8, 4) is 0 Å². The van der Waals surface area contributed by atoms with Gasteiger partial charge >= 0.3 is 0 Å². The molecule has 0 radical (unpaired) electrons. The number of ether oxygens (including phenoxy) is 1. The van der Waals surface area contributed by atoms with Crippen molar-refractivity contribution in [1.82, 2.24) is 5.12 Å². The van der Waals surface area contributed by atoms with Crippen molar-refractivity contribution in [2.45, 2.75) is 13.8 Å². The normalized spacial score (nSPS) is 20.3. The highest BCUT2D eigenvalue weighted by atomic mass is 19.2. The minimum atomic E-state index is 0.431. The van der Waals surface area contributed by atoms with Crippen LogP contribution in [0.15, 0.2) is 0 Å². The van der Waals surface area contributed by atoms with Crippen LogP contribution in [0.5, 0.6) is 0 Å². The molecule has 0 saturated carbocycles. The fourth-order valence-electron chi connectivity index (χ4n) is 0.541. The lowest BCUT2D eigenvalue weighted by Gasteiger charge is -2.16. The van der Waals surface area contributed by atoms with Crippen molar-refractivity contribution in [3.05, 3.63) is 0 Å². The maximum atomic E-state index is 11.9. The molecule has 3 heteroatoms. The van der Waals surface area contributed by atoms with Gasteiger partial charge in [-0.2, -0.15) is 0 Å². The predicted octanol–water partition coefficient (Wildman–Crippen LogP) is 1.23. The second kappa shape index (κ2) is 5.98. The van der Waals surface area contributed by atoms with Crippen LogP contribution in [-0.2, 0) is 4.74 Å². The molecule has 0 aliphatic carbocycles. The third-order valence-electron chi connectivity index (χ3n) is 0.957. The Labute approximate surface area is 55.5 Å². The molecule has 0 aromatic carbocycles. The molecular formula is C6H14FNO. The van der Waals surface area contributed by atoms with Gasteiger partial charge in [-0.05, 0) is 0 Å². The predicted molar refractivity (Wildman–Crippen MR) is 34.8 cm³/mol. The number of nitrogens with zero attached hydrogens (tertiary/aromatic N) is 1. The van der Waals surface area contributed by atoms with E-state index in [2.05, 4.69) is 0 Å². The maximum absolute atomic E-state index is 11.9. The average molecular weight is 135 g/mol. The Morgan fingerprint density at radius 3 is 1.89 bits per heavy atom. The monoisotopic (exact) mass is 135 g/mol. The first-order valence-electron chi connectivity index (χ1n) is 3.38. The molecule has 9 heavy (non-hydrogen) atoms. The largest absolute Gasteiger partial charge is 0.379 e. The molecule has 0 N–H and O–H groups in total. The summed E-state index contributed by atoms with van der Waals surface area (Å²) in [6, 6.07) is 0. The number of hydrogen-bond donors (Lipinski definition) is 0. The summed E-state index contributed by atoms with van der Waals surface area (Å²) in [5.41, 5.74) is 0. The molecule has 0 aromatic heterocycles. The third kappa shape index (κ3) is 4.36. The van der Waals surface area contributed by atoms with E-state index in [1.165, 1.54) is 0 Å². The molecular weight excluding hydrogens is 121 g/mol. The summed E-state index contributed by atoms with van der Waals surface area (Å²) >= 11 is 0. The quantitative estimate of drug-likeness (QED) is 0.463. The maximum Gasteiger partial charge on any atom is 0.0620 e. The second-order valence-electron chi connectivity index (χ2n) is 1.52. The van der Waals surface area contributed by atoms with E-state index in [-0.39, 0.29) is 0 Å². The fraction of sp³-hybridized carbons (Fsp3) is 1.00. The average Bonchev–Trinajstić information content (AvgIpc) is 1.94. The van der Waals surface area contributed by atoms with Gasteiger partial charge in [0.05, 0.1) is 26.3 Å². The summed E-state index contributed by atoms with van der Waals surface area (Å²) in [5, 5.41) is 0.767. The van der Waals surface area contributed by atoms with Gasteiger partial charge < -0.3 is 4.74 Å². The molecule has 1 aliphatic rings. The van der Waals surface area contributed by atoms with Gasteiger partial charge in [0, 0.05) is 0 Å². The Hall–Kier alpha value is -0.150. The number of morpholine rings is 1. The zero-order valence-electron chi connectivity index (χ0n) is 6.06. The lowest BCUT2D eigenvalue weighted by atomic mass is 10.5. The minimum absolute atomic E-state index is 0.431. The van der Waals surface area contributed by atoms with Crippen molar-refractivity contribution in [2.75, 3.05) is 26.3 Å². The Morgan fingerprint density at radius 2 is 1.67 bits per heavy atom. The van der Waals surface area contributed by atoms with Crippen LogP contribution in [0, 0.1) is 0 Å². The van der Waals surface area contributed by atoms with Gasteiger partial charge in [-0.3, -0.25) is 0 Å². The Balaban J connectivity index is 0.000000291. The summed E-state index contributed by atoms with van der Waals surface area (Å²) in [7, 11) is 0. The van der Waals surface area contributed by atoms with Crippen LogP contribution in [0.3, 0.4) is 0 Å². The first-order valence-corrected chi connectivity index (χ1v) is 3.38. The van der Waals surface area contributed by atoms with Crippen LogP contribution >= 0.6 is 0 Å². The second-order valence-corrected chi connectivity index (χ2v) is 1.52. The standard InChI is InChI=1S/C4H8FNO.C2H6/c5-6-1-3-7-4-2-6;1-2/h1-4H2;1-2H3. The van der Waals surface area contributed by atoms with Crippen LogP contribution in [0.1, 0.15) is 13.8 Å². The molecule has 0 spiro atoms. The molecule has 0 unspecified atom stereocenters. The van der Waals surface area contributed by atoms with Gasteiger partial charge in [0.25, 0.3) is 0 Å². The van der Waals surface area contributed by atoms with Crippen LogP contribution in [0.2, 0.25) is 0 Å². The Morgan fingerprint density at radius 1 is 1.22 bits per heavy atom. The van der Waals surface area contributed by atoms with E-state index < -0.39 is 0 Å². The molecule has 56 valence electrons. The molecule has 0 amide bonds. The van der Waals surface area contributed by atoms with Crippen LogP contribution in [-0.4, -0.2) is 31.4 Å². The van der Waals surface area contributed by atoms with Crippen molar-refractivity contribution in [3.63, 3.8) is 0 Å². The van der Waals surface area contributed by atoms with Crippen molar-refractivity contribution < 1.29 is 9.22 Å². The van der Waals surface area contributed by atoms with Gasteiger partial charge in [-0.15, -0.1) is 9.60 Å². The SMILES string of the molecule is CC.FN1CCOCC1. The van der Waals surface area contributed by atoms with Crippen LogP contribution in [0.25, 0.3) is 0 Å². The van der Waals surface area contributed by atoms with Gasteiger partial charge in [0.15, 0.2) is 0 Å². The highest BCUT2D eigenvalue weighted by molar-refractivity contribution is 4.49. The zero-order chi connectivity index (χ0) is 7.11. The van der Waals surface area contributed by atoms with E-state index in [0.717, 1.165) is 5.12 Å². The minimum Gasteiger partial charge on any atom is -0.379 e. The molecule has 1 aliphatic heterocycles. The Bertz CT molecular complexity index is 55.0. The molecule has 0 bridgehead atoms. The van der Waals surface area contributed by atoms with E-state index in [9.17, 15) is 4.48 Å². The zero-order valence-corrected chi connectivity index (χ0v) is 6.06. The molecule has 1 saturated heterocycles. The summed E-state index contributed by atoms with van der Waals surface area (Å²) in [6.45, 7) is 5.94. The van der Waals surface area contributed by atoms with E-state index in [1.54, 1.807) is 0 Å². The fourth-order valence-corrected chi connectivity index (χ4v) is 0.541. The van der Waals surface area contributed by atoms with Crippen molar-refractivity contribution in [2.24, 2.45) is 0 Å². The van der Waals surface area contributed by atoms with E-state index >= 15 is 0 Å². The lowest BCUT2D eigenvalue weighted by Crippen LogP contribution is -2.29. The van der Waals surface area contributed by atoms with Gasteiger partial charge in [-0.1, -0.05) is 13.8 Å². The third-order valence-corrected chi connectivity index (χ3v) is 0.957. The number of rotatable bonds is 0. The molecule has 0 aromatic rings. The lowest BCUT2D eigenvalue weighted by molar-refractivity contribution is -0.0657. The van der Waals surface area contributed by atoms with E-state index in [0.29, 0.717) is 26.3 Å². The highest BCUT2D eigenvalue weighted by Gasteiger charge is 2.06. The van der Waals surface area contributed by atoms with Crippen molar-refractivity contribution in [1.29, 1.82) is 0 Å².